The van der Waals surface area contributed by atoms with Gasteiger partial charge in [0, 0.05) is 12.6 Å². The van der Waals surface area contributed by atoms with Crippen molar-refractivity contribution in [3.63, 3.8) is 0 Å². The van der Waals surface area contributed by atoms with E-state index in [0.717, 1.165) is 25.7 Å². The Bertz CT molecular complexity index is 625. The lowest BCUT2D eigenvalue weighted by atomic mass is 9.78. The van der Waals surface area contributed by atoms with Crippen LogP contribution in [-0.2, 0) is 14.8 Å². The van der Waals surface area contributed by atoms with Crippen molar-refractivity contribution in [1.29, 1.82) is 0 Å². The first-order valence-corrected chi connectivity index (χ1v) is 12.6. The standard InChI is InChI=1S/C18H31FN2O4S2/c1-2-11-3-8-14(18(22)23)15(9-11)21-27(24,25)16-10-20-17(26-16)12-4-6-13(19)7-5-12/h11-17,20-21H,2-10H2,1H3,(H,22,23). The van der Waals surface area contributed by atoms with Crippen LogP contribution >= 0.6 is 11.8 Å². The lowest BCUT2D eigenvalue weighted by molar-refractivity contribution is -0.143. The summed E-state index contributed by atoms with van der Waals surface area (Å²) in [4.78, 5) is 11.6. The molecule has 0 amide bonds. The summed E-state index contributed by atoms with van der Waals surface area (Å²) in [7, 11) is -3.63. The molecule has 0 aromatic heterocycles. The maximum atomic E-state index is 13.4. The fourth-order valence-corrected chi connectivity index (χ4v) is 8.12. The van der Waals surface area contributed by atoms with Gasteiger partial charge in [-0.05, 0) is 56.8 Å². The van der Waals surface area contributed by atoms with Crippen LogP contribution in [0.5, 0.6) is 0 Å². The maximum Gasteiger partial charge on any atom is 0.308 e. The monoisotopic (exact) mass is 422 g/mol. The molecule has 1 heterocycles. The minimum Gasteiger partial charge on any atom is -0.481 e. The van der Waals surface area contributed by atoms with E-state index in [4.69, 9.17) is 0 Å². The maximum absolute atomic E-state index is 13.4. The second kappa shape index (κ2) is 8.97. The summed E-state index contributed by atoms with van der Waals surface area (Å²) in [5.41, 5.74) is 0. The van der Waals surface area contributed by atoms with Gasteiger partial charge in [-0.2, -0.15) is 0 Å². The van der Waals surface area contributed by atoms with Crippen molar-refractivity contribution in [1.82, 2.24) is 10.0 Å². The normalized spacial score (nSPS) is 40.7. The topological polar surface area (TPSA) is 95.5 Å². The van der Waals surface area contributed by atoms with E-state index in [2.05, 4.69) is 17.0 Å². The Morgan fingerprint density at radius 1 is 1.22 bits per heavy atom. The number of aliphatic carboxylic acids is 1. The molecule has 5 atom stereocenters. The van der Waals surface area contributed by atoms with E-state index in [1.54, 1.807) is 0 Å². The van der Waals surface area contributed by atoms with Crippen LogP contribution in [0.15, 0.2) is 0 Å². The zero-order valence-electron chi connectivity index (χ0n) is 15.8. The molecular weight excluding hydrogens is 391 g/mol. The molecule has 0 radical (unpaired) electrons. The molecule has 5 unspecified atom stereocenters. The van der Waals surface area contributed by atoms with Gasteiger partial charge in [-0.15, -0.1) is 11.8 Å². The number of halogens is 1. The molecule has 0 aromatic rings. The molecule has 2 aliphatic carbocycles. The molecule has 27 heavy (non-hydrogen) atoms. The second-order valence-corrected chi connectivity index (χ2v) is 11.8. The number of rotatable bonds is 6. The van der Waals surface area contributed by atoms with Crippen molar-refractivity contribution in [2.45, 2.75) is 80.5 Å². The number of alkyl halides is 1. The number of carboxylic acids is 1. The third-order valence-corrected chi connectivity index (χ3v) is 10.3. The number of sulfonamides is 1. The first-order valence-electron chi connectivity index (χ1n) is 10.1. The molecule has 1 saturated heterocycles. The Morgan fingerprint density at radius 3 is 2.56 bits per heavy atom. The van der Waals surface area contributed by atoms with Gasteiger partial charge in [-0.3, -0.25) is 4.79 Å². The summed E-state index contributed by atoms with van der Waals surface area (Å²) >= 11 is 1.40. The van der Waals surface area contributed by atoms with E-state index in [9.17, 15) is 22.7 Å². The van der Waals surface area contributed by atoms with Crippen LogP contribution in [0.4, 0.5) is 4.39 Å². The largest absolute Gasteiger partial charge is 0.481 e. The zero-order valence-corrected chi connectivity index (χ0v) is 17.4. The minimum absolute atomic E-state index is 0.0316. The van der Waals surface area contributed by atoms with E-state index < -0.39 is 38.7 Å². The van der Waals surface area contributed by atoms with Gasteiger partial charge in [0.05, 0.1) is 11.3 Å². The minimum atomic E-state index is -3.63. The summed E-state index contributed by atoms with van der Waals surface area (Å²) in [5, 5.41) is 12.8. The highest BCUT2D eigenvalue weighted by Gasteiger charge is 2.43. The number of carboxylic acid groups (broad SMARTS) is 1. The Labute approximate surface area is 165 Å². The highest BCUT2D eigenvalue weighted by atomic mass is 32.3. The van der Waals surface area contributed by atoms with Gasteiger partial charge in [-0.1, -0.05) is 13.3 Å². The molecule has 156 valence electrons. The van der Waals surface area contributed by atoms with Crippen molar-refractivity contribution in [3.8, 4) is 0 Å². The van der Waals surface area contributed by atoms with Crippen molar-refractivity contribution >= 4 is 27.8 Å². The zero-order chi connectivity index (χ0) is 19.6. The average Bonchev–Trinajstić information content (AvgIpc) is 3.12. The number of hydrogen-bond donors (Lipinski definition) is 3. The average molecular weight is 423 g/mol. The van der Waals surface area contributed by atoms with Crippen LogP contribution in [0.1, 0.15) is 58.3 Å². The van der Waals surface area contributed by atoms with Crippen molar-refractivity contribution in [2.24, 2.45) is 17.8 Å². The molecule has 3 rings (SSSR count). The molecule has 3 aliphatic rings. The third-order valence-electron chi connectivity index (χ3n) is 6.43. The SMILES string of the molecule is CCC1CCC(C(=O)O)C(NS(=O)(=O)C2CNC(C3CCC(F)CC3)S2)C1. The molecule has 3 N–H and O–H groups in total. The van der Waals surface area contributed by atoms with E-state index in [1.165, 1.54) is 11.8 Å². The van der Waals surface area contributed by atoms with Gasteiger partial charge < -0.3 is 10.4 Å². The Hall–Kier alpha value is -0.380. The van der Waals surface area contributed by atoms with Gasteiger partial charge in [0.15, 0.2) is 0 Å². The highest BCUT2D eigenvalue weighted by molar-refractivity contribution is 8.13. The Morgan fingerprint density at radius 2 is 1.93 bits per heavy atom. The van der Waals surface area contributed by atoms with Crippen molar-refractivity contribution in [3.05, 3.63) is 0 Å². The smallest absolute Gasteiger partial charge is 0.308 e. The summed E-state index contributed by atoms with van der Waals surface area (Å²) in [6.45, 7) is 2.41. The van der Waals surface area contributed by atoms with E-state index in [1.807, 2.05) is 0 Å². The van der Waals surface area contributed by atoms with E-state index in [0.29, 0.717) is 44.1 Å². The molecule has 2 saturated carbocycles. The van der Waals surface area contributed by atoms with Crippen molar-refractivity contribution < 1.29 is 22.7 Å². The number of hydrogen-bond acceptors (Lipinski definition) is 5. The summed E-state index contributed by atoms with van der Waals surface area (Å²) in [6.07, 6.45) is 4.84. The molecular formula is C18H31FN2O4S2. The first-order chi connectivity index (χ1) is 12.8. The Kier molecular flexibility index (Phi) is 7.08. The quantitative estimate of drug-likeness (QED) is 0.609. The van der Waals surface area contributed by atoms with Crippen LogP contribution in [0.25, 0.3) is 0 Å². The molecule has 9 heteroatoms. The van der Waals surface area contributed by atoms with Crippen LogP contribution < -0.4 is 10.0 Å². The Balaban J connectivity index is 1.61. The lowest BCUT2D eigenvalue weighted by Gasteiger charge is -2.34. The molecule has 1 aliphatic heterocycles. The fourth-order valence-electron chi connectivity index (χ4n) is 4.66. The molecule has 0 bridgehead atoms. The van der Waals surface area contributed by atoms with Crippen LogP contribution in [0.2, 0.25) is 0 Å². The van der Waals surface area contributed by atoms with E-state index in [-0.39, 0.29) is 5.37 Å². The highest BCUT2D eigenvalue weighted by Crippen LogP contribution is 2.39. The van der Waals surface area contributed by atoms with Crippen LogP contribution in [0, 0.1) is 17.8 Å². The van der Waals surface area contributed by atoms with Crippen LogP contribution in [0.3, 0.4) is 0 Å². The fraction of sp³-hybridized carbons (Fsp3) is 0.944. The second-order valence-electron chi connectivity index (χ2n) is 8.21. The van der Waals surface area contributed by atoms with Gasteiger partial charge in [-0.25, -0.2) is 17.5 Å². The summed E-state index contributed by atoms with van der Waals surface area (Å²) in [6, 6.07) is -0.534. The van der Waals surface area contributed by atoms with Gasteiger partial charge in [0.25, 0.3) is 0 Å². The molecule has 0 aromatic carbocycles. The predicted octanol–water partition coefficient (Wildman–Crippen LogP) is 2.70. The first kappa shape index (κ1) is 21.3. The third kappa shape index (κ3) is 5.16. The number of nitrogens with one attached hydrogen (secondary N) is 2. The van der Waals surface area contributed by atoms with E-state index >= 15 is 0 Å². The summed E-state index contributed by atoms with van der Waals surface area (Å²) in [5.74, 6) is -0.910. The lowest BCUT2D eigenvalue weighted by Crippen LogP contribution is -2.49. The van der Waals surface area contributed by atoms with Gasteiger partial charge in [0.2, 0.25) is 10.0 Å². The number of carbonyl (C=O) groups is 1. The van der Waals surface area contributed by atoms with Gasteiger partial charge >= 0.3 is 5.97 Å². The predicted molar refractivity (Wildman–Crippen MR) is 105 cm³/mol. The molecule has 6 nitrogen and oxygen atoms in total. The number of thioether (sulfide) groups is 1. The molecule has 3 fully saturated rings. The van der Waals surface area contributed by atoms with Gasteiger partial charge in [0.1, 0.15) is 10.8 Å². The van der Waals surface area contributed by atoms with Crippen molar-refractivity contribution in [2.75, 3.05) is 6.54 Å². The summed E-state index contributed by atoms with van der Waals surface area (Å²) < 4.78 is 41.3. The molecule has 0 spiro atoms. The van der Waals surface area contributed by atoms with Crippen LogP contribution in [-0.4, -0.2) is 48.2 Å².